The van der Waals surface area contributed by atoms with Gasteiger partial charge < -0.3 is 10.6 Å². The summed E-state index contributed by atoms with van der Waals surface area (Å²) in [6.45, 7) is 2.37. The number of benzene rings is 1. The molecule has 0 aromatic heterocycles. The van der Waals surface area contributed by atoms with Gasteiger partial charge in [-0.1, -0.05) is 23.9 Å². The Labute approximate surface area is 116 Å². The molecular weight excluding hydrogens is 260 g/mol. The molecule has 19 heavy (non-hydrogen) atoms. The highest BCUT2D eigenvalue weighted by Gasteiger charge is 2.45. The van der Waals surface area contributed by atoms with Crippen LogP contribution in [0.15, 0.2) is 29.2 Å². The highest BCUT2D eigenvalue weighted by Crippen LogP contribution is 2.42. The van der Waals surface area contributed by atoms with E-state index in [1.807, 2.05) is 24.3 Å². The summed E-state index contributed by atoms with van der Waals surface area (Å²) in [7, 11) is 0. The van der Waals surface area contributed by atoms with Crippen LogP contribution in [0.25, 0.3) is 0 Å². The predicted octanol–water partition coefficient (Wildman–Crippen LogP) is 2.02. The highest BCUT2D eigenvalue weighted by molar-refractivity contribution is 8.02. The van der Waals surface area contributed by atoms with Crippen molar-refractivity contribution < 1.29 is 9.59 Å². The molecule has 2 N–H and O–H groups in total. The van der Waals surface area contributed by atoms with Crippen LogP contribution in [0.3, 0.4) is 0 Å². The minimum atomic E-state index is -1.08. The van der Waals surface area contributed by atoms with Crippen LogP contribution < -0.4 is 10.6 Å². The van der Waals surface area contributed by atoms with E-state index in [0.717, 1.165) is 10.6 Å². The molecular formula is C14H16N2O2S. The van der Waals surface area contributed by atoms with E-state index in [2.05, 4.69) is 10.6 Å². The minimum absolute atomic E-state index is 0.198. The van der Waals surface area contributed by atoms with Gasteiger partial charge in [0.15, 0.2) is 4.75 Å². The Morgan fingerprint density at radius 3 is 2.95 bits per heavy atom. The first kappa shape index (κ1) is 12.5. The first-order valence-corrected chi connectivity index (χ1v) is 7.29. The van der Waals surface area contributed by atoms with Crippen LogP contribution in [0.5, 0.6) is 0 Å². The molecule has 5 heteroatoms. The number of hydrogen-bond donors (Lipinski definition) is 2. The van der Waals surface area contributed by atoms with Gasteiger partial charge in [0.25, 0.3) is 0 Å². The third kappa shape index (κ3) is 2.34. The van der Waals surface area contributed by atoms with E-state index < -0.39 is 4.75 Å². The van der Waals surface area contributed by atoms with Gasteiger partial charge in [-0.3, -0.25) is 9.59 Å². The Balaban J connectivity index is 1.79. The molecule has 4 nitrogen and oxygen atoms in total. The number of fused-ring (bicyclic) bond motifs is 1. The molecule has 1 fully saturated rings. The third-order valence-corrected chi connectivity index (χ3v) is 4.92. The van der Waals surface area contributed by atoms with E-state index in [1.165, 1.54) is 24.6 Å². The smallest absolute Gasteiger partial charge is 0.250 e. The Morgan fingerprint density at radius 2 is 2.21 bits per heavy atom. The number of carbonyl (C=O) groups excluding carboxylic acids is 2. The molecule has 1 aromatic carbocycles. The summed E-state index contributed by atoms with van der Waals surface area (Å²) in [5.74, 6) is 0.164. The molecule has 0 radical (unpaired) electrons. The van der Waals surface area contributed by atoms with E-state index in [9.17, 15) is 9.59 Å². The van der Waals surface area contributed by atoms with Crippen molar-refractivity contribution in [1.29, 1.82) is 0 Å². The molecule has 1 aliphatic heterocycles. The van der Waals surface area contributed by atoms with Gasteiger partial charge in [-0.15, -0.1) is 0 Å². The first-order chi connectivity index (χ1) is 9.09. The molecule has 2 amide bonds. The molecule has 2 aliphatic rings. The number of thioether (sulfide) groups is 1. The van der Waals surface area contributed by atoms with E-state index >= 15 is 0 Å². The van der Waals surface area contributed by atoms with Crippen molar-refractivity contribution in [2.75, 3.05) is 11.9 Å². The third-order valence-electron chi connectivity index (χ3n) is 3.56. The number of anilines is 1. The van der Waals surface area contributed by atoms with Gasteiger partial charge in [-0.2, -0.15) is 0 Å². The second-order valence-corrected chi connectivity index (χ2v) is 6.70. The van der Waals surface area contributed by atoms with Gasteiger partial charge in [0.1, 0.15) is 0 Å². The molecule has 1 aliphatic carbocycles. The fourth-order valence-corrected chi connectivity index (χ4v) is 3.17. The minimum Gasteiger partial charge on any atom is -0.354 e. The van der Waals surface area contributed by atoms with Crippen LogP contribution in [0.1, 0.15) is 19.8 Å². The quantitative estimate of drug-likeness (QED) is 0.830. The molecule has 0 unspecified atom stereocenters. The Kier molecular flexibility index (Phi) is 3.01. The monoisotopic (exact) mass is 276 g/mol. The number of carbonyl (C=O) groups is 2. The summed E-state index contributed by atoms with van der Waals surface area (Å²) >= 11 is 1.32. The fraction of sp³-hybridized carbons (Fsp3) is 0.429. The summed E-state index contributed by atoms with van der Waals surface area (Å²) in [6, 6.07) is 7.55. The number of hydrogen-bond acceptors (Lipinski definition) is 3. The number of para-hydroxylation sites is 1. The normalized spacial score (nSPS) is 25.4. The maximum Gasteiger partial charge on any atom is 0.250 e. The largest absolute Gasteiger partial charge is 0.354 e. The molecule has 0 bridgehead atoms. The van der Waals surface area contributed by atoms with Crippen LogP contribution in [0.2, 0.25) is 0 Å². The van der Waals surface area contributed by atoms with Gasteiger partial charge in [0.2, 0.25) is 11.8 Å². The topological polar surface area (TPSA) is 58.2 Å². The van der Waals surface area contributed by atoms with Crippen LogP contribution in [-0.2, 0) is 9.59 Å². The van der Waals surface area contributed by atoms with Crippen LogP contribution in [0, 0.1) is 5.92 Å². The van der Waals surface area contributed by atoms with Crippen molar-refractivity contribution in [2.45, 2.75) is 29.4 Å². The van der Waals surface area contributed by atoms with Crippen molar-refractivity contribution in [3.05, 3.63) is 24.3 Å². The molecule has 1 aromatic rings. The lowest BCUT2D eigenvalue weighted by atomic mass is 10.1. The average molecular weight is 276 g/mol. The SMILES string of the molecule is C[C@@]1(C(=O)NCC2CC2)Sc2ccccc2NC1=O. The maximum atomic E-state index is 12.3. The molecule has 1 atom stereocenters. The van der Waals surface area contributed by atoms with Crippen LogP contribution in [-0.4, -0.2) is 23.1 Å². The summed E-state index contributed by atoms with van der Waals surface area (Å²) in [5.41, 5.74) is 0.782. The second-order valence-electron chi connectivity index (χ2n) is 5.24. The predicted molar refractivity (Wildman–Crippen MR) is 75.1 cm³/mol. The van der Waals surface area contributed by atoms with Gasteiger partial charge in [-0.25, -0.2) is 0 Å². The molecule has 1 heterocycles. The first-order valence-electron chi connectivity index (χ1n) is 6.47. The Bertz CT molecular complexity index is 542. The fourth-order valence-electron chi connectivity index (χ4n) is 2.04. The van der Waals surface area contributed by atoms with E-state index in [4.69, 9.17) is 0 Å². The summed E-state index contributed by atoms with van der Waals surface area (Å²) in [5, 5.41) is 5.71. The number of nitrogens with one attached hydrogen (secondary N) is 2. The lowest BCUT2D eigenvalue weighted by molar-refractivity contribution is -0.129. The molecule has 100 valence electrons. The van der Waals surface area contributed by atoms with Gasteiger partial charge >= 0.3 is 0 Å². The zero-order valence-electron chi connectivity index (χ0n) is 10.7. The van der Waals surface area contributed by atoms with Crippen molar-refractivity contribution in [3.8, 4) is 0 Å². The molecule has 1 saturated carbocycles. The molecule has 0 saturated heterocycles. The Hall–Kier alpha value is -1.49. The van der Waals surface area contributed by atoms with Crippen molar-refractivity contribution >= 4 is 29.3 Å². The summed E-state index contributed by atoms with van der Waals surface area (Å²) < 4.78 is -1.08. The molecule has 3 rings (SSSR count). The standard InChI is InChI=1S/C14H16N2O2S/c1-14(12(17)15-8-9-6-7-9)13(18)16-10-4-2-3-5-11(10)19-14/h2-5,9H,6-8H2,1H3,(H,15,17)(H,16,18)/t14-/m0/s1. The lowest BCUT2D eigenvalue weighted by Crippen LogP contribution is -2.52. The average Bonchev–Trinajstić information content (AvgIpc) is 3.21. The zero-order chi connectivity index (χ0) is 13.5. The summed E-state index contributed by atoms with van der Waals surface area (Å²) in [4.78, 5) is 25.4. The van der Waals surface area contributed by atoms with Crippen molar-refractivity contribution in [1.82, 2.24) is 5.32 Å². The number of amides is 2. The zero-order valence-corrected chi connectivity index (χ0v) is 11.5. The molecule has 0 spiro atoms. The Morgan fingerprint density at radius 1 is 1.47 bits per heavy atom. The van der Waals surface area contributed by atoms with E-state index in [0.29, 0.717) is 12.5 Å². The van der Waals surface area contributed by atoms with Crippen LogP contribution in [0.4, 0.5) is 5.69 Å². The highest BCUT2D eigenvalue weighted by atomic mass is 32.2. The lowest BCUT2D eigenvalue weighted by Gasteiger charge is -2.31. The number of rotatable bonds is 3. The maximum absolute atomic E-state index is 12.3. The van der Waals surface area contributed by atoms with E-state index in [1.54, 1.807) is 6.92 Å². The van der Waals surface area contributed by atoms with E-state index in [-0.39, 0.29) is 11.8 Å². The van der Waals surface area contributed by atoms with Gasteiger partial charge in [-0.05, 0) is 37.8 Å². The second kappa shape index (κ2) is 4.56. The van der Waals surface area contributed by atoms with Gasteiger partial charge in [0, 0.05) is 11.4 Å². The van der Waals surface area contributed by atoms with Crippen LogP contribution >= 0.6 is 11.8 Å². The van der Waals surface area contributed by atoms with Crippen molar-refractivity contribution in [2.24, 2.45) is 5.92 Å². The van der Waals surface area contributed by atoms with Crippen molar-refractivity contribution in [3.63, 3.8) is 0 Å². The van der Waals surface area contributed by atoms with Gasteiger partial charge in [0.05, 0.1) is 5.69 Å². The summed E-state index contributed by atoms with van der Waals surface area (Å²) in [6.07, 6.45) is 2.36.